The van der Waals surface area contributed by atoms with Gasteiger partial charge in [0.05, 0.1) is 25.9 Å². The lowest BCUT2D eigenvalue weighted by atomic mass is 10.0. The van der Waals surface area contributed by atoms with E-state index in [4.69, 9.17) is 0 Å². The van der Waals surface area contributed by atoms with E-state index in [2.05, 4.69) is 31.4 Å². The Morgan fingerprint density at radius 1 is 1.03 bits per heavy atom. The largest absolute Gasteiger partial charge is 0.506 e. The Labute approximate surface area is 232 Å². The second-order valence-corrected chi connectivity index (χ2v) is 12.3. The molecule has 2 N–H and O–H groups in total. The summed E-state index contributed by atoms with van der Waals surface area (Å²) in [5, 5.41) is 16.8. The van der Waals surface area contributed by atoms with Crippen molar-refractivity contribution in [2.45, 2.75) is 38.6 Å². The molecular formula is C27H29BrN4O3S2. The number of hydrogen-bond acceptors (Lipinski definition) is 7. The number of rotatable bonds is 6. The van der Waals surface area contributed by atoms with E-state index in [1.807, 2.05) is 34.5 Å². The summed E-state index contributed by atoms with van der Waals surface area (Å²) in [6.07, 6.45) is 4.59. The van der Waals surface area contributed by atoms with E-state index in [1.165, 1.54) is 48.6 Å². The maximum absolute atomic E-state index is 13.0. The zero-order valence-electron chi connectivity index (χ0n) is 20.6. The third kappa shape index (κ3) is 5.82. The molecule has 2 amide bonds. The van der Waals surface area contributed by atoms with Crippen LogP contribution >= 0.6 is 38.6 Å². The smallest absolute Gasteiger partial charge is 0.281 e. The minimum Gasteiger partial charge on any atom is -0.506 e. The molecule has 0 bridgehead atoms. The number of amides is 2. The van der Waals surface area contributed by atoms with Crippen molar-refractivity contribution in [3.63, 3.8) is 0 Å². The predicted molar refractivity (Wildman–Crippen MR) is 153 cm³/mol. The zero-order chi connectivity index (χ0) is 25.9. The molecule has 0 atom stereocenters. The number of aromatic hydroxyl groups is 1. The number of nitrogens with zero attached hydrogens (tertiary/aromatic N) is 3. The molecular weight excluding hydrogens is 572 g/mol. The fourth-order valence-electron chi connectivity index (χ4n) is 4.94. The third-order valence-electron chi connectivity index (χ3n) is 7.04. The molecule has 194 valence electrons. The van der Waals surface area contributed by atoms with E-state index in [0.29, 0.717) is 27.1 Å². The minimum absolute atomic E-state index is 0.00716. The fourth-order valence-corrected chi connectivity index (χ4v) is 7.08. The Morgan fingerprint density at radius 3 is 2.41 bits per heavy atom. The fraction of sp³-hybridized carbons (Fsp3) is 0.370. The van der Waals surface area contributed by atoms with Gasteiger partial charge in [0.2, 0.25) is 0 Å². The maximum atomic E-state index is 13.0. The summed E-state index contributed by atoms with van der Waals surface area (Å²) < 4.78 is 0.966. The van der Waals surface area contributed by atoms with Gasteiger partial charge >= 0.3 is 0 Å². The van der Waals surface area contributed by atoms with Crippen LogP contribution in [-0.2, 0) is 0 Å². The second-order valence-electron chi connectivity index (χ2n) is 9.40. The van der Waals surface area contributed by atoms with Crippen LogP contribution in [0.4, 0.5) is 0 Å². The number of halogens is 1. The van der Waals surface area contributed by atoms with Crippen LogP contribution in [0.1, 0.15) is 57.5 Å². The first-order valence-electron chi connectivity index (χ1n) is 12.5. The highest BCUT2D eigenvalue weighted by Gasteiger charge is 2.29. The number of piperidine rings is 1. The predicted octanol–water partition coefficient (Wildman–Crippen LogP) is 5.80. The molecule has 2 aliphatic heterocycles. The van der Waals surface area contributed by atoms with Gasteiger partial charge in [-0.3, -0.25) is 9.59 Å². The van der Waals surface area contributed by atoms with Crippen LogP contribution in [0.3, 0.4) is 0 Å². The van der Waals surface area contributed by atoms with Gasteiger partial charge in [-0.2, -0.15) is 5.10 Å². The quantitative estimate of drug-likeness (QED) is 0.276. The molecule has 0 spiro atoms. The Morgan fingerprint density at radius 2 is 1.70 bits per heavy atom. The molecule has 5 rings (SSSR count). The number of hydrazone groups is 1. The molecule has 0 radical (unpaired) electrons. The Bertz CT molecular complexity index is 1300. The van der Waals surface area contributed by atoms with Crippen LogP contribution < -0.4 is 5.43 Å². The first-order chi connectivity index (χ1) is 17.9. The van der Waals surface area contributed by atoms with Crippen LogP contribution in [0.2, 0.25) is 0 Å². The van der Waals surface area contributed by atoms with Crippen molar-refractivity contribution in [3.8, 4) is 16.2 Å². The summed E-state index contributed by atoms with van der Waals surface area (Å²) in [6.45, 7) is 5.62. The summed E-state index contributed by atoms with van der Waals surface area (Å²) in [5.41, 5.74) is 4.54. The number of benzene rings is 1. The summed E-state index contributed by atoms with van der Waals surface area (Å²) >= 11 is 6.03. The highest BCUT2D eigenvalue weighted by atomic mass is 79.9. The molecule has 1 aromatic carbocycles. The van der Waals surface area contributed by atoms with Crippen molar-refractivity contribution in [1.82, 2.24) is 15.2 Å². The Hall–Kier alpha value is -2.53. The number of carbonyl (C=O) groups excluding carboxylic acids is 2. The molecule has 0 saturated carbocycles. The number of thiophene rings is 2. The van der Waals surface area contributed by atoms with E-state index in [1.54, 1.807) is 19.1 Å². The monoisotopic (exact) mass is 600 g/mol. The highest BCUT2D eigenvalue weighted by Crippen LogP contribution is 2.39. The van der Waals surface area contributed by atoms with E-state index in [0.717, 1.165) is 40.8 Å². The zero-order valence-corrected chi connectivity index (χ0v) is 23.8. The van der Waals surface area contributed by atoms with Crippen molar-refractivity contribution in [3.05, 3.63) is 61.6 Å². The van der Waals surface area contributed by atoms with Crippen LogP contribution in [0.25, 0.3) is 10.4 Å². The molecule has 0 aliphatic carbocycles. The first-order valence-corrected chi connectivity index (χ1v) is 14.9. The van der Waals surface area contributed by atoms with Crippen LogP contribution in [0, 0.1) is 0 Å². The molecule has 2 saturated heterocycles. The Kier molecular flexibility index (Phi) is 8.09. The average molecular weight is 602 g/mol. The van der Waals surface area contributed by atoms with Gasteiger partial charge in [0, 0.05) is 29.0 Å². The van der Waals surface area contributed by atoms with Gasteiger partial charge in [-0.1, -0.05) is 28.1 Å². The molecule has 4 heterocycles. The molecule has 3 aromatic rings. The lowest BCUT2D eigenvalue weighted by Crippen LogP contribution is -2.45. The number of hydrogen-bond donors (Lipinski definition) is 2. The SMILES string of the molecule is CC(=NNC(=O)c1ccc(C(=O)N2CCC(N3CCCC3)CC2)s1)c1csc(-c2ccc(Br)cc2)c1O. The van der Waals surface area contributed by atoms with Crippen molar-refractivity contribution in [2.24, 2.45) is 5.10 Å². The lowest BCUT2D eigenvalue weighted by Gasteiger charge is -2.36. The van der Waals surface area contributed by atoms with Gasteiger partial charge in [0.25, 0.3) is 11.8 Å². The van der Waals surface area contributed by atoms with Gasteiger partial charge in [-0.25, -0.2) is 5.43 Å². The minimum atomic E-state index is -0.376. The Balaban J connectivity index is 1.18. The van der Waals surface area contributed by atoms with Gasteiger partial charge in [0.15, 0.2) is 0 Å². The van der Waals surface area contributed by atoms with Crippen molar-refractivity contribution >= 4 is 56.1 Å². The van der Waals surface area contributed by atoms with Crippen LogP contribution in [0.5, 0.6) is 5.75 Å². The van der Waals surface area contributed by atoms with E-state index >= 15 is 0 Å². The maximum Gasteiger partial charge on any atom is 0.281 e. The lowest BCUT2D eigenvalue weighted by molar-refractivity contribution is 0.0649. The summed E-state index contributed by atoms with van der Waals surface area (Å²) in [5.74, 6) is -0.244. The van der Waals surface area contributed by atoms with E-state index in [9.17, 15) is 14.7 Å². The highest BCUT2D eigenvalue weighted by molar-refractivity contribution is 9.10. The molecule has 0 unspecified atom stereocenters. The third-order valence-corrected chi connectivity index (χ3v) is 9.65. The standard InChI is InChI=1S/C27H29BrN4O3S2/c1-17(21-16-36-25(24(21)33)18-4-6-19(28)7-5-18)29-30-26(34)22-8-9-23(37-22)27(35)32-14-10-20(11-15-32)31-12-2-3-13-31/h4-9,16,20,33H,2-3,10-15H2,1H3,(H,30,34). The van der Waals surface area contributed by atoms with Gasteiger partial charge < -0.3 is 14.9 Å². The van der Waals surface area contributed by atoms with Crippen LogP contribution in [-0.4, -0.2) is 64.7 Å². The number of carbonyl (C=O) groups is 2. The molecule has 37 heavy (non-hydrogen) atoms. The molecule has 2 fully saturated rings. The second kappa shape index (κ2) is 11.5. The summed E-state index contributed by atoms with van der Waals surface area (Å²) in [7, 11) is 0. The molecule has 2 aliphatic rings. The van der Waals surface area contributed by atoms with Gasteiger partial charge in [-0.05, 0) is 75.5 Å². The van der Waals surface area contributed by atoms with Gasteiger partial charge in [-0.15, -0.1) is 22.7 Å². The van der Waals surface area contributed by atoms with Crippen molar-refractivity contribution in [2.75, 3.05) is 26.2 Å². The molecule has 2 aromatic heterocycles. The molecule has 10 heteroatoms. The van der Waals surface area contributed by atoms with Crippen LogP contribution in [0.15, 0.2) is 51.4 Å². The number of likely N-dealkylation sites (tertiary alicyclic amines) is 2. The topological polar surface area (TPSA) is 85.2 Å². The summed E-state index contributed by atoms with van der Waals surface area (Å²) in [4.78, 5) is 32.0. The number of nitrogens with one attached hydrogen (secondary N) is 1. The molecule has 7 nitrogen and oxygen atoms in total. The van der Waals surface area contributed by atoms with Crippen molar-refractivity contribution < 1.29 is 14.7 Å². The van der Waals surface area contributed by atoms with Gasteiger partial charge in [0.1, 0.15) is 5.75 Å². The normalized spacial score (nSPS) is 17.4. The first kappa shape index (κ1) is 26.1. The average Bonchev–Trinajstić information content (AvgIpc) is 3.69. The van der Waals surface area contributed by atoms with E-state index < -0.39 is 0 Å². The summed E-state index contributed by atoms with van der Waals surface area (Å²) in [6, 6.07) is 11.7. The van der Waals surface area contributed by atoms with Crippen molar-refractivity contribution in [1.29, 1.82) is 0 Å². The van der Waals surface area contributed by atoms with E-state index in [-0.39, 0.29) is 17.6 Å².